The number of nitrogens with one attached hydrogen (secondary N) is 1. The third-order valence-corrected chi connectivity index (χ3v) is 4.26. The van der Waals surface area contributed by atoms with Crippen molar-refractivity contribution in [2.75, 3.05) is 33.7 Å². The van der Waals surface area contributed by atoms with Crippen molar-refractivity contribution in [3.8, 4) is 0 Å². The number of hydrogen-bond acceptors (Lipinski definition) is 4. The van der Waals surface area contributed by atoms with Gasteiger partial charge < -0.3 is 9.80 Å². The van der Waals surface area contributed by atoms with Gasteiger partial charge in [0.2, 0.25) is 0 Å². The summed E-state index contributed by atoms with van der Waals surface area (Å²) in [6.45, 7) is 3.19. The maximum atomic E-state index is 6.31. The fraction of sp³-hybridized carbons (Fsp3) is 0.571. The molecule has 2 atom stereocenters. The SMILES string of the molecule is CN1CCCN(C)C(C(NN)c2ccccc2Cl)C1. The first kappa shape index (κ1) is 14.8. The number of hydrogen-bond donors (Lipinski definition) is 2. The van der Waals surface area contributed by atoms with Gasteiger partial charge in [0.05, 0.1) is 6.04 Å². The van der Waals surface area contributed by atoms with Gasteiger partial charge in [0, 0.05) is 17.6 Å². The molecule has 5 heteroatoms. The fourth-order valence-electron chi connectivity index (χ4n) is 2.80. The Balaban J connectivity index is 2.27. The molecule has 0 amide bonds. The summed E-state index contributed by atoms with van der Waals surface area (Å²) in [4.78, 5) is 4.73. The molecule has 4 nitrogen and oxygen atoms in total. The molecular weight excluding hydrogens is 260 g/mol. The van der Waals surface area contributed by atoms with Crippen molar-refractivity contribution in [1.29, 1.82) is 0 Å². The zero-order valence-corrected chi connectivity index (χ0v) is 12.4. The summed E-state index contributed by atoms with van der Waals surface area (Å²) in [6, 6.07) is 8.28. The van der Waals surface area contributed by atoms with Gasteiger partial charge >= 0.3 is 0 Å². The molecule has 0 bridgehead atoms. The second-order valence-corrected chi connectivity index (χ2v) is 5.74. The minimum absolute atomic E-state index is 0.0410. The number of benzene rings is 1. The van der Waals surface area contributed by atoms with Crippen molar-refractivity contribution in [3.63, 3.8) is 0 Å². The van der Waals surface area contributed by atoms with E-state index in [2.05, 4.69) is 29.3 Å². The summed E-state index contributed by atoms with van der Waals surface area (Å²) in [7, 11) is 4.32. The van der Waals surface area contributed by atoms with E-state index in [1.54, 1.807) is 0 Å². The molecular formula is C14H23ClN4. The summed E-state index contributed by atoms with van der Waals surface area (Å²) in [6.07, 6.45) is 1.18. The highest BCUT2D eigenvalue weighted by molar-refractivity contribution is 6.31. The molecule has 2 unspecified atom stereocenters. The first-order valence-electron chi connectivity index (χ1n) is 6.73. The van der Waals surface area contributed by atoms with Crippen LogP contribution in [0, 0.1) is 0 Å². The van der Waals surface area contributed by atoms with Gasteiger partial charge in [-0.05, 0) is 45.2 Å². The van der Waals surface area contributed by atoms with E-state index in [0.717, 1.165) is 30.2 Å². The van der Waals surface area contributed by atoms with Crippen molar-refractivity contribution >= 4 is 11.6 Å². The van der Waals surface area contributed by atoms with Gasteiger partial charge in [0.25, 0.3) is 0 Å². The lowest BCUT2D eigenvalue weighted by atomic mass is 9.98. The molecule has 3 N–H and O–H groups in total. The Bertz CT molecular complexity index is 412. The molecule has 1 aromatic carbocycles. The number of halogens is 1. The zero-order valence-electron chi connectivity index (χ0n) is 11.6. The quantitative estimate of drug-likeness (QED) is 0.651. The topological polar surface area (TPSA) is 44.5 Å². The highest BCUT2D eigenvalue weighted by Crippen LogP contribution is 2.28. The molecule has 106 valence electrons. The van der Waals surface area contributed by atoms with Crippen LogP contribution in [0.3, 0.4) is 0 Å². The Kier molecular flexibility index (Phi) is 5.19. The Hall–Kier alpha value is -0.650. The summed E-state index contributed by atoms with van der Waals surface area (Å²) < 4.78 is 0. The molecule has 1 fully saturated rings. The number of nitrogens with two attached hydrogens (primary N) is 1. The van der Waals surface area contributed by atoms with Gasteiger partial charge in [0.1, 0.15) is 0 Å². The molecule has 0 spiro atoms. The maximum Gasteiger partial charge on any atom is 0.0642 e. The lowest BCUT2D eigenvalue weighted by Gasteiger charge is -2.34. The smallest absolute Gasteiger partial charge is 0.0642 e. The van der Waals surface area contributed by atoms with E-state index >= 15 is 0 Å². The summed E-state index contributed by atoms with van der Waals surface area (Å²) in [5.41, 5.74) is 4.02. The van der Waals surface area contributed by atoms with E-state index < -0.39 is 0 Å². The third-order valence-electron chi connectivity index (χ3n) is 3.92. The lowest BCUT2D eigenvalue weighted by Crippen LogP contribution is -2.49. The molecule has 0 radical (unpaired) electrons. The van der Waals surface area contributed by atoms with E-state index in [1.807, 2.05) is 24.3 Å². The summed E-state index contributed by atoms with van der Waals surface area (Å²) in [5.74, 6) is 5.81. The molecule has 0 saturated carbocycles. The number of hydrazine groups is 1. The summed E-state index contributed by atoms with van der Waals surface area (Å²) >= 11 is 6.31. The Morgan fingerprint density at radius 1 is 1.32 bits per heavy atom. The predicted molar refractivity (Wildman–Crippen MR) is 80.0 cm³/mol. The Labute approximate surface area is 120 Å². The molecule has 0 aliphatic carbocycles. The monoisotopic (exact) mass is 282 g/mol. The van der Waals surface area contributed by atoms with Crippen molar-refractivity contribution in [3.05, 3.63) is 34.9 Å². The van der Waals surface area contributed by atoms with Crippen LogP contribution >= 0.6 is 11.6 Å². The van der Waals surface area contributed by atoms with Crippen LogP contribution in [0.15, 0.2) is 24.3 Å². The molecule has 1 aliphatic rings. The molecule has 1 aliphatic heterocycles. The fourth-order valence-corrected chi connectivity index (χ4v) is 3.05. The van der Waals surface area contributed by atoms with Crippen LogP contribution < -0.4 is 11.3 Å². The van der Waals surface area contributed by atoms with Gasteiger partial charge in [-0.25, -0.2) is 0 Å². The van der Waals surface area contributed by atoms with E-state index in [-0.39, 0.29) is 6.04 Å². The molecule has 19 heavy (non-hydrogen) atoms. The standard InChI is InChI=1S/C14H23ClN4/c1-18-8-5-9-19(2)13(10-18)14(17-16)11-6-3-4-7-12(11)15/h3-4,6-7,13-14,17H,5,8-10,16H2,1-2H3. The van der Waals surface area contributed by atoms with Crippen LogP contribution in [0.4, 0.5) is 0 Å². The second-order valence-electron chi connectivity index (χ2n) is 5.33. The average molecular weight is 283 g/mol. The number of rotatable bonds is 3. The Morgan fingerprint density at radius 3 is 2.74 bits per heavy atom. The van der Waals surface area contributed by atoms with E-state index in [1.165, 1.54) is 6.42 Å². The van der Waals surface area contributed by atoms with Crippen LogP contribution in [-0.2, 0) is 0 Å². The molecule has 1 aromatic rings. The van der Waals surface area contributed by atoms with Gasteiger partial charge in [-0.15, -0.1) is 0 Å². The maximum absolute atomic E-state index is 6.31. The molecule has 1 saturated heterocycles. The molecule has 0 aromatic heterocycles. The van der Waals surface area contributed by atoms with Crippen molar-refractivity contribution in [2.45, 2.75) is 18.5 Å². The van der Waals surface area contributed by atoms with Crippen LogP contribution in [0.5, 0.6) is 0 Å². The highest BCUT2D eigenvalue weighted by atomic mass is 35.5. The zero-order chi connectivity index (χ0) is 13.8. The molecule has 2 rings (SSSR count). The van der Waals surface area contributed by atoms with E-state index in [4.69, 9.17) is 17.4 Å². The van der Waals surface area contributed by atoms with Crippen LogP contribution in [0.1, 0.15) is 18.0 Å². The number of likely N-dealkylation sites (N-methyl/N-ethyl adjacent to an activating group) is 2. The average Bonchev–Trinajstić information content (AvgIpc) is 2.55. The molecule has 1 heterocycles. The van der Waals surface area contributed by atoms with Crippen LogP contribution in [-0.4, -0.2) is 49.6 Å². The number of nitrogens with zero attached hydrogens (tertiary/aromatic N) is 2. The van der Waals surface area contributed by atoms with Gasteiger partial charge in [-0.3, -0.25) is 11.3 Å². The second kappa shape index (κ2) is 6.68. The van der Waals surface area contributed by atoms with Crippen molar-refractivity contribution in [2.24, 2.45) is 5.84 Å². The lowest BCUT2D eigenvalue weighted by molar-refractivity contribution is 0.178. The Morgan fingerprint density at radius 2 is 2.05 bits per heavy atom. The minimum Gasteiger partial charge on any atom is -0.305 e. The van der Waals surface area contributed by atoms with Gasteiger partial charge in [0.15, 0.2) is 0 Å². The highest BCUT2D eigenvalue weighted by Gasteiger charge is 2.29. The van der Waals surface area contributed by atoms with Gasteiger partial charge in [-0.1, -0.05) is 29.8 Å². The van der Waals surface area contributed by atoms with Crippen LogP contribution in [0.2, 0.25) is 5.02 Å². The van der Waals surface area contributed by atoms with Crippen molar-refractivity contribution < 1.29 is 0 Å². The predicted octanol–water partition coefficient (Wildman–Crippen LogP) is 1.48. The minimum atomic E-state index is 0.0410. The van der Waals surface area contributed by atoms with Crippen molar-refractivity contribution in [1.82, 2.24) is 15.2 Å². The first-order chi connectivity index (χ1) is 9.13. The van der Waals surface area contributed by atoms with E-state index in [9.17, 15) is 0 Å². The first-order valence-corrected chi connectivity index (χ1v) is 7.10. The van der Waals surface area contributed by atoms with E-state index in [0.29, 0.717) is 6.04 Å². The van der Waals surface area contributed by atoms with Crippen LogP contribution in [0.25, 0.3) is 0 Å². The summed E-state index contributed by atoms with van der Waals surface area (Å²) in [5, 5.41) is 0.769. The normalized spacial score (nSPS) is 24.1. The largest absolute Gasteiger partial charge is 0.305 e. The third kappa shape index (κ3) is 3.46. The van der Waals surface area contributed by atoms with Gasteiger partial charge in [-0.2, -0.15) is 0 Å².